The van der Waals surface area contributed by atoms with Crippen LogP contribution in [0.15, 0.2) is 28.8 Å². The van der Waals surface area contributed by atoms with Crippen LogP contribution >= 0.6 is 12.4 Å². The Kier molecular flexibility index (Phi) is 8.94. The molecule has 0 radical (unpaired) electrons. The number of carbonyl (C=O) groups is 1. The number of hydrogen-bond acceptors (Lipinski definition) is 6. The van der Waals surface area contributed by atoms with Crippen LogP contribution in [-0.4, -0.2) is 42.3 Å². The van der Waals surface area contributed by atoms with E-state index < -0.39 is 0 Å². The third-order valence-electron chi connectivity index (χ3n) is 3.54. The van der Waals surface area contributed by atoms with Gasteiger partial charge < -0.3 is 19.9 Å². The van der Waals surface area contributed by atoms with Crippen molar-refractivity contribution in [2.45, 2.75) is 32.7 Å². The zero-order valence-electron chi connectivity index (χ0n) is 14.7. The zero-order valence-corrected chi connectivity index (χ0v) is 15.6. The van der Waals surface area contributed by atoms with Crippen molar-refractivity contribution in [1.82, 2.24) is 20.8 Å². The summed E-state index contributed by atoms with van der Waals surface area (Å²) in [7, 11) is 1.62. The van der Waals surface area contributed by atoms with Crippen LogP contribution in [0.4, 0.5) is 0 Å². The van der Waals surface area contributed by atoms with E-state index in [0.29, 0.717) is 31.1 Å². The van der Waals surface area contributed by atoms with Gasteiger partial charge in [0.15, 0.2) is 0 Å². The minimum Gasteiger partial charge on any atom is -0.497 e. The Morgan fingerprint density at radius 1 is 1.32 bits per heavy atom. The highest BCUT2D eigenvalue weighted by atomic mass is 35.5. The Morgan fingerprint density at radius 3 is 2.68 bits per heavy atom. The van der Waals surface area contributed by atoms with E-state index in [0.717, 1.165) is 17.9 Å². The molecule has 0 bridgehead atoms. The van der Waals surface area contributed by atoms with Gasteiger partial charge in [-0.15, -0.1) is 12.4 Å². The number of nitrogens with one attached hydrogen (secondary N) is 2. The Labute approximate surface area is 153 Å². The van der Waals surface area contributed by atoms with Crippen LogP contribution in [0, 0.1) is 0 Å². The lowest BCUT2D eigenvalue weighted by Crippen LogP contribution is -2.38. The van der Waals surface area contributed by atoms with Crippen molar-refractivity contribution >= 4 is 18.3 Å². The Hall–Kier alpha value is -2.12. The number of benzene rings is 1. The molecule has 1 amide bonds. The normalized spacial score (nSPS) is 11.5. The molecule has 0 fully saturated rings. The van der Waals surface area contributed by atoms with E-state index in [1.165, 1.54) is 0 Å². The summed E-state index contributed by atoms with van der Waals surface area (Å²) in [6, 6.07) is 7.66. The molecule has 1 aromatic heterocycles. The first kappa shape index (κ1) is 20.9. The van der Waals surface area contributed by atoms with Crippen molar-refractivity contribution in [3.8, 4) is 17.1 Å². The first-order valence-corrected chi connectivity index (χ1v) is 8.09. The number of aryl methyl sites for hydroxylation is 1. The average Bonchev–Trinajstić information content (AvgIpc) is 3.07. The standard InChI is InChI=1S/C17H24N4O3.ClH/c1-4-18-12(2)11-19-15(22)9-10-16-20-17(21-24-16)13-5-7-14(23-3)8-6-13;/h5-8,12,18H,4,9-11H2,1-3H3,(H,19,22);1H/t12-;/m1./s1. The molecule has 1 aromatic carbocycles. The SMILES string of the molecule is CCN[C@H](C)CNC(=O)CCc1nc(-c2ccc(OC)cc2)no1.Cl. The molecule has 2 rings (SSSR count). The predicted octanol–water partition coefficient (Wildman–Crippen LogP) is 2.21. The summed E-state index contributed by atoms with van der Waals surface area (Å²) in [4.78, 5) is 16.2. The monoisotopic (exact) mass is 368 g/mol. The van der Waals surface area contributed by atoms with Crippen LogP contribution in [0.25, 0.3) is 11.4 Å². The molecule has 138 valence electrons. The molecule has 0 spiro atoms. The summed E-state index contributed by atoms with van der Waals surface area (Å²) in [5, 5.41) is 10.1. The quantitative estimate of drug-likeness (QED) is 0.705. The molecule has 0 saturated heterocycles. The number of halogens is 1. The number of methoxy groups -OCH3 is 1. The second-order valence-electron chi connectivity index (χ2n) is 5.50. The number of hydrogen-bond donors (Lipinski definition) is 2. The van der Waals surface area contributed by atoms with E-state index in [1.54, 1.807) is 7.11 Å². The van der Waals surface area contributed by atoms with E-state index in [1.807, 2.05) is 38.1 Å². The van der Waals surface area contributed by atoms with Crippen LogP contribution in [0.1, 0.15) is 26.2 Å². The fraction of sp³-hybridized carbons (Fsp3) is 0.471. The average molecular weight is 369 g/mol. The van der Waals surface area contributed by atoms with Crippen LogP contribution in [-0.2, 0) is 11.2 Å². The van der Waals surface area contributed by atoms with Crippen molar-refractivity contribution < 1.29 is 14.1 Å². The van der Waals surface area contributed by atoms with Gasteiger partial charge in [0.2, 0.25) is 17.6 Å². The van der Waals surface area contributed by atoms with Gasteiger partial charge in [-0.2, -0.15) is 4.98 Å². The van der Waals surface area contributed by atoms with Gasteiger partial charge in [-0.1, -0.05) is 12.1 Å². The van der Waals surface area contributed by atoms with Crippen molar-refractivity contribution in [1.29, 1.82) is 0 Å². The molecule has 8 heteroatoms. The maximum absolute atomic E-state index is 11.8. The van der Waals surface area contributed by atoms with Crippen LogP contribution in [0.2, 0.25) is 0 Å². The lowest BCUT2D eigenvalue weighted by Gasteiger charge is -2.12. The van der Waals surface area contributed by atoms with E-state index in [9.17, 15) is 4.79 Å². The molecule has 1 heterocycles. The van der Waals surface area contributed by atoms with Crippen LogP contribution in [0.3, 0.4) is 0 Å². The summed E-state index contributed by atoms with van der Waals surface area (Å²) < 4.78 is 10.3. The molecule has 2 N–H and O–H groups in total. The lowest BCUT2D eigenvalue weighted by atomic mass is 10.2. The van der Waals surface area contributed by atoms with E-state index in [-0.39, 0.29) is 24.4 Å². The number of aromatic nitrogens is 2. The van der Waals surface area contributed by atoms with Gasteiger partial charge in [-0.3, -0.25) is 4.79 Å². The van der Waals surface area contributed by atoms with Gasteiger partial charge in [0.05, 0.1) is 7.11 Å². The number of nitrogens with zero attached hydrogens (tertiary/aromatic N) is 2. The summed E-state index contributed by atoms with van der Waals surface area (Å²) in [6.07, 6.45) is 0.744. The minimum atomic E-state index is -0.0241. The molecule has 7 nitrogen and oxygen atoms in total. The van der Waals surface area contributed by atoms with Gasteiger partial charge in [0, 0.05) is 31.0 Å². The highest BCUT2D eigenvalue weighted by molar-refractivity contribution is 5.85. The molecule has 0 aliphatic carbocycles. The Bertz CT molecular complexity index is 646. The molecule has 0 aliphatic rings. The van der Waals surface area contributed by atoms with E-state index in [4.69, 9.17) is 9.26 Å². The van der Waals surface area contributed by atoms with Gasteiger partial charge in [0.1, 0.15) is 5.75 Å². The van der Waals surface area contributed by atoms with Gasteiger partial charge in [-0.05, 0) is 37.7 Å². The number of carbonyl (C=O) groups excluding carboxylic acids is 1. The second kappa shape index (κ2) is 10.7. The highest BCUT2D eigenvalue weighted by Crippen LogP contribution is 2.19. The summed E-state index contributed by atoms with van der Waals surface area (Å²) >= 11 is 0. The van der Waals surface area contributed by atoms with E-state index in [2.05, 4.69) is 20.8 Å². The summed E-state index contributed by atoms with van der Waals surface area (Å²) in [6.45, 7) is 5.55. The summed E-state index contributed by atoms with van der Waals surface area (Å²) in [5.41, 5.74) is 0.842. The van der Waals surface area contributed by atoms with Gasteiger partial charge >= 0.3 is 0 Å². The largest absolute Gasteiger partial charge is 0.497 e. The molecule has 0 aliphatic heterocycles. The molecular formula is C17H25ClN4O3. The van der Waals surface area contributed by atoms with Gasteiger partial charge in [0.25, 0.3) is 0 Å². The predicted molar refractivity (Wildman–Crippen MR) is 98.0 cm³/mol. The summed E-state index contributed by atoms with van der Waals surface area (Å²) in [5.74, 6) is 1.71. The third-order valence-corrected chi connectivity index (χ3v) is 3.54. The second-order valence-corrected chi connectivity index (χ2v) is 5.50. The Balaban J connectivity index is 0.00000312. The van der Waals surface area contributed by atoms with Crippen molar-refractivity contribution in [3.63, 3.8) is 0 Å². The maximum atomic E-state index is 11.8. The number of ether oxygens (including phenoxy) is 1. The first-order valence-electron chi connectivity index (χ1n) is 8.09. The Morgan fingerprint density at radius 2 is 2.04 bits per heavy atom. The molecule has 1 atom stereocenters. The van der Waals surface area contributed by atoms with E-state index >= 15 is 0 Å². The molecular weight excluding hydrogens is 344 g/mol. The maximum Gasteiger partial charge on any atom is 0.227 e. The fourth-order valence-electron chi connectivity index (χ4n) is 2.21. The highest BCUT2D eigenvalue weighted by Gasteiger charge is 2.11. The zero-order chi connectivity index (χ0) is 17.4. The van der Waals surface area contributed by atoms with Crippen LogP contribution < -0.4 is 15.4 Å². The first-order chi connectivity index (χ1) is 11.6. The third kappa shape index (κ3) is 6.72. The fourth-order valence-corrected chi connectivity index (χ4v) is 2.21. The van der Waals surface area contributed by atoms with Crippen molar-refractivity contribution in [2.75, 3.05) is 20.2 Å². The van der Waals surface area contributed by atoms with Crippen molar-refractivity contribution in [3.05, 3.63) is 30.2 Å². The smallest absolute Gasteiger partial charge is 0.227 e. The molecule has 2 aromatic rings. The number of rotatable bonds is 9. The van der Waals surface area contributed by atoms with Crippen LogP contribution in [0.5, 0.6) is 5.75 Å². The van der Waals surface area contributed by atoms with Gasteiger partial charge in [-0.25, -0.2) is 0 Å². The number of likely N-dealkylation sites (N-methyl/N-ethyl adjacent to an activating group) is 1. The van der Waals surface area contributed by atoms with Crippen molar-refractivity contribution in [2.24, 2.45) is 0 Å². The molecule has 0 unspecified atom stereocenters. The molecule has 0 saturated carbocycles. The number of amides is 1. The minimum absolute atomic E-state index is 0. The lowest BCUT2D eigenvalue weighted by molar-refractivity contribution is -0.121. The molecule has 25 heavy (non-hydrogen) atoms. The topological polar surface area (TPSA) is 89.3 Å².